The number of benzene rings is 4. The van der Waals surface area contributed by atoms with Crippen molar-refractivity contribution < 1.29 is 28.4 Å². The van der Waals surface area contributed by atoms with Gasteiger partial charge < -0.3 is 28.4 Å². The first-order valence-electron chi connectivity index (χ1n) is 53.8. The van der Waals surface area contributed by atoms with Crippen LogP contribution in [-0.4, -0.2) is 172 Å². The van der Waals surface area contributed by atoms with Gasteiger partial charge in [0.2, 0.25) is 13.6 Å². The summed E-state index contributed by atoms with van der Waals surface area (Å²) < 4.78 is 31.8. The van der Waals surface area contributed by atoms with Crippen LogP contribution in [-0.2, 0) is 42.2 Å². The number of ether oxygens (including phenoxy) is 6. The van der Waals surface area contributed by atoms with Crippen LogP contribution in [0.1, 0.15) is 417 Å². The van der Waals surface area contributed by atoms with Crippen LogP contribution in [0.3, 0.4) is 0 Å². The maximum absolute atomic E-state index is 5.44. The van der Waals surface area contributed by atoms with E-state index in [2.05, 4.69) is 228 Å². The molecular weight excluding hydrogens is 1640 g/mol. The standard InChI is InChI=1S/2C16H23NO2.2C15H23N.C14H22N2.2C10H21NO.10C2H6.3CH4/c2*1-12-3-6-14(7-4-12)17(2)10-13-5-8-15-16(9-13)19-11-18-15;2*1-13-8-10-15(11-9-13)16(2)12-14-6-4-3-5-7-14;1-12-5-7-14(8-6-12)16(2)11-13-4-3-9-15-10-13;2*1-9-4-6-10(7-5-9)11(2)8-12-3;10*1-2;;;/h2*5,8-9,12,14H,3-4,6-7,10-11H2,1-2H3;2*3-7,13,15H,8-12H2,1-2H3;3-4,9-10,12,14H,5-8,11H2,1-2H3;2*9-10H,4-8H2,1-3H3;10*1-2H3;3*1H4. The molecule has 4 aromatic carbocycles. The van der Waals surface area contributed by atoms with E-state index in [1.165, 1.54) is 208 Å². The number of hydrogen-bond donors (Lipinski definition) is 0. The Morgan fingerprint density at radius 1 is 0.241 bits per heavy atom. The molecule has 0 unspecified atom stereocenters. The third kappa shape index (κ3) is 60.5. The van der Waals surface area contributed by atoms with Gasteiger partial charge in [-0.05, 0) is 329 Å². The Morgan fingerprint density at radius 3 is 0.647 bits per heavy atom. The second-order valence-corrected chi connectivity index (χ2v) is 36.0. The van der Waals surface area contributed by atoms with Crippen LogP contribution in [0.5, 0.6) is 23.0 Å². The Bertz CT molecular complexity index is 2900. The average molecular weight is 1870 g/mol. The zero-order valence-corrected chi connectivity index (χ0v) is 92.3. The fraction of sp³-hybridized carbons (Fsp3) is 0.756. The molecule has 0 saturated heterocycles. The monoisotopic (exact) mass is 1870 g/mol. The van der Waals surface area contributed by atoms with Crippen molar-refractivity contribution in [3.8, 4) is 23.0 Å². The van der Waals surface area contributed by atoms with Crippen molar-refractivity contribution in [3.05, 3.63) is 149 Å². The normalized spacial score (nSPS) is 22.8. The Hall–Kier alpha value is -5.13. The molecule has 780 valence electrons. The quantitative estimate of drug-likeness (QED) is 0.0653. The number of methoxy groups -OCH3 is 2. The lowest BCUT2D eigenvalue weighted by Crippen LogP contribution is -2.35. The zero-order chi connectivity index (χ0) is 98.6. The van der Waals surface area contributed by atoms with E-state index >= 15 is 0 Å². The molecule has 14 nitrogen and oxygen atoms in total. The molecule has 133 heavy (non-hydrogen) atoms. The smallest absolute Gasteiger partial charge is 0.231 e. The summed E-state index contributed by atoms with van der Waals surface area (Å²) in [5, 5.41) is 0. The van der Waals surface area contributed by atoms with Crippen molar-refractivity contribution in [2.75, 3.05) is 90.6 Å². The molecule has 0 atom stereocenters. The van der Waals surface area contributed by atoms with Crippen LogP contribution in [0.25, 0.3) is 0 Å². The van der Waals surface area contributed by atoms with Gasteiger partial charge >= 0.3 is 0 Å². The van der Waals surface area contributed by atoms with E-state index in [0.717, 1.165) is 153 Å². The van der Waals surface area contributed by atoms with Gasteiger partial charge in [-0.25, -0.2) is 0 Å². The van der Waals surface area contributed by atoms with Crippen LogP contribution in [0.15, 0.2) is 122 Å². The molecular formula is C119H228N8O6. The molecule has 5 aromatic rings. The summed E-state index contributed by atoms with van der Waals surface area (Å²) in [5.74, 6) is 10.1. The predicted molar refractivity (Wildman–Crippen MR) is 592 cm³/mol. The van der Waals surface area contributed by atoms with E-state index in [4.69, 9.17) is 28.4 Å². The number of nitrogens with zero attached hydrogens (tertiary/aromatic N) is 8. The molecule has 7 fully saturated rings. The lowest BCUT2D eigenvalue weighted by Gasteiger charge is -2.33. The van der Waals surface area contributed by atoms with Crippen LogP contribution in [0, 0.1) is 41.4 Å². The van der Waals surface area contributed by atoms with Gasteiger partial charge in [-0.3, -0.25) is 39.3 Å². The maximum Gasteiger partial charge on any atom is 0.231 e. The van der Waals surface area contributed by atoms with Crippen LogP contribution >= 0.6 is 0 Å². The minimum Gasteiger partial charge on any atom is -0.454 e. The Morgan fingerprint density at radius 2 is 0.436 bits per heavy atom. The number of rotatable bonds is 21. The molecule has 3 heterocycles. The largest absolute Gasteiger partial charge is 0.454 e. The molecule has 7 aliphatic carbocycles. The molecule has 0 radical (unpaired) electrons. The van der Waals surface area contributed by atoms with Gasteiger partial charge in [0.05, 0.1) is 13.5 Å². The van der Waals surface area contributed by atoms with Gasteiger partial charge in [0, 0.05) is 102 Å². The number of hydrogen-bond acceptors (Lipinski definition) is 14. The summed E-state index contributed by atoms with van der Waals surface area (Å²) in [5.41, 5.74) is 6.81. The summed E-state index contributed by atoms with van der Waals surface area (Å²) in [6.07, 6.45) is 42.2. The SMILES string of the molecule is C.C.C.CC.CC.CC.CC.CC.CC.CC.CC.CC.CC.CC1CCC(N(C)Cc2ccc3c(c2)OCO3)CC1.CC1CCC(N(C)Cc2ccc3c(c2)OCO3)CC1.CC1CCC(N(C)Cc2ccccc2)CC1.CC1CCC(N(C)Cc2ccccc2)CC1.CC1CCC(N(C)Cc2cccnc2)CC1.COCN(C)C1CCC(C)CC1.COCN(C)C1CCC(C)CC1. The summed E-state index contributed by atoms with van der Waals surface area (Å²) in [6.45, 7) is 64.1. The molecule has 1 aromatic heterocycles. The molecule has 0 spiro atoms. The van der Waals surface area contributed by atoms with Crippen molar-refractivity contribution in [2.45, 2.75) is 464 Å². The molecule has 14 heteroatoms. The molecule has 0 bridgehead atoms. The van der Waals surface area contributed by atoms with Gasteiger partial charge in [0.25, 0.3) is 0 Å². The second kappa shape index (κ2) is 90.7. The lowest BCUT2D eigenvalue weighted by atomic mass is 9.86. The topological polar surface area (TPSA) is 91.0 Å². The van der Waals surface area contributed by atoms with E-state index in [-0.39, 0.29) is 22.3 Å². The first-order chi connectivity index (χ1) is 63.2. The molecule has 7 saturated carbocycles. The molecule has 2 aliphatic heterocycles. The Labute approximate surface area is 831 Å². The highest BCUT2D eigenvalue weighted by Gasteiger charge is 2.29. The highest BCUT2D eigenvalue weighted by Crippen LogP contribution is 2.38. The fourth-order valence-electron chi connectivity index (χ4n) is 18.2. The van der Waals surface area contributed by atoms with Gasteiger partial charge in [0.15, 0.2) is 23.0 Å². The maximum atomic E-state index is 5.44. The van der Waals surface area contributed by atoms with Crippen LogP contribution in [0.4, 0.5) is 0 Å². The van der Waals surface area contributed by atoms with E-state index < -0.39 is 0 Å². The summed E-state index contributed by atoms with van der Waals surface area (Å²) in [6, 6.07) is 43.7. The van der Waals surface area contributed by atoms with E-state index in [1.54, 1.807) is 14.2 Å². The number of aromatic nitrogens is 1. The third-order valence-corrected chi connectivity index (χ3v) is 26.4. The lowest BCUT2D eigenvalue weighted by molar-refractivity contribution is 0.0365. The van der Waals surface area contributed by atoms with Gasteiger partial charge in [-0.1, -0.05) is 288 Å². The van der Waals surface area contributed by atoms with Gasteiger partial charge in [-0.15, -0.1) is 0 Å². The highest BCUT2D eigenvalue weighted by atomic mass is 16.7. The van der Waals surface area contributed by atoms with Crippen molar-refractivity contribution in [2.24, 2.45) is 41.4 Å². The zero-order valence-electron chi connectivity index (χ0n) is 92.3. The second-order valence-electron chi connectivity index (χ2n) is 36.0. The minimum absolute atomic E-state index is 0. The number of pyridine rings is 1. The molecule has 9 aliphatic rings. The van der Waals surface area contributed by atoms with Crippen LogP contribution in [0.2, 0.25) is 0 Å². The van der Waals surface area contributed by atoms with E-state index in [1.807, 2.05) is 169 Å². The van der Waals surface area contributed by atoms with Crippen molar-refractivity contribution in [1.29, 1.82) is 0 Å². The van der Waals surface area contributed by atoms with Crippen molar-refractivity contribution in [1.82, 2.24) is 39.3 Å². The van der Waals surface area contributed by atoms with E-state index in [0.29, 0.717) is 13.6 Å². The predicted octanol–water partition coefficient (Wildman–Crippen LogP) is 33.7. The fourth-order valence-corrected chi connectivity index (χ4v) is 18.2. The summed E-state index contributed by atoms with van der Waals surface area (Å²) in [4.78, 5) is 21.3. The van der Waals surface area contributed by atoms with E-state index in [9.17, 15) is 0 Å². The number of fused-ring (bicyclic) bond motifs is 2. The van der Waals surface area contributed by atoms with Crippen molar-refractivity contribution >= 4 is 0 Å². The summed E-state index contributed by atoms with van der Waals surface area (Å²) >= 11 is 0. The highest BCUT2D eigenvalue weighted by molar-refractivity contribution is 5.45. The van der Waals surface area contributed by atoms with Crippen LogP contribution < -0.4 is 18.9 Å². The van der Waals surface area contributed by atoms with Gasteiger partial charge in [0.1, 0.15) is 0 Å². The summed E-state index contributed by atoms with van der Waals surface area (Å²) in [7, 11) is 19.1. The first-order valence-corrected chi connectivity index (χ1v) is 53.8. The Kier molecular flexibility index (Phi) is 94.5. The minimum atomic E-state index is 0. The molecule has 0 N–H and O–H groups in total. The third-order valence-electron chi connectivity index (χ3n) is 26.4. The molecule has 0 amide bonds. The molecule has 14 rings (SSSR count). The first kappa shape index (κ1) is 139. The van der Waals surface area contributed by atoms with Gasteiger partial charge in [-0.2, -0.15) is 0 Å². The average Bonchev–Trinajstić information content (AvgIpc) is 1.69. The van der Waals surface area contributed by atoms with Crippen molar-refractivity contribution in [3.63, 3.8) is 0 Å². The Balaban J connectivity index is -0.000000343.